The molecule has 0 bridgehead atoms. The molecule has 0 atom stereocenters. The molecule has 1 fully saturated rings. The molecule has 1 spiro atoms. The molecule has 5 nitrogen and oxygen atoms in total. The third-order valence-electron chi connectivity index (χ3n) is 5.24. The first-order valence-electron chi connectivity index (χ1n) is 9.53. The van der Waals surface area contributed by atoms with Crippen molar-refractivity contribution in [1.29, 1.82) is 0 Å². The Morgan fingerprint density at radius 2 is 1.82 bits per heavy atom. The van der Waals surface area contributed by atoms with Gasteiger partial charge in [-0.2, -0.15) is 4.99 Å². The van der Waals surface area contributed by atoms with Crippen molar-refractivity contribution in [3.8, 4) is 0 Å². The molecule has 2 aromatic rings. The lowest BCUT2D eigenvalue weighted by atomic mass is 9.87. The van der Waals surface area contributed by atoms with Gasteiger partial charge in [0.15, 0.2) is 0 Å². The molecular weight excluding hydrogens is 373 g/mol. The standard InChI is InChI=1S/C21H24FN5S/c22-16-8-6-7-15(13-16)14-28-18-10-3-2-9-17(18)27-20(24)25-19(23)26-21(27)11-4-1-5-12-21/h2-3,6-10,13H,1,4-5,11-12,14H2,(H4,23,24,25,26). The van der Waals surface area contributed by atoms with Crippen LogP contribution in [0.1, 0.15) is 37.7 Å². The van der Waals surface area contributed by atoms with Crippen LogP contribution in [0.3, 0.4) is 0 Å². The Kier molecular flexibility index (Phi) is 5.26. The lowest BCUT2D eigenvalue weighted by Crippen LogP contribution is -2.58. The smallest absolute Gasteiger partial charge is 0.220 e. The monoisotopic (exact) mass is 397 g/mol. The topological polar surface area (TPSA) is 80.0 Å². The zero-order chi connectivity index (χ0) is 19.6. The van der Waals surface area contributed by atoms with E-state index in [1.54, 1.807) is 23.9 Å². The number of nitrogens with two attached hydrogens (primary N) is 2. The predicted molar refractivity (Wildman–Crippen MR) is 114 cm³/mol. The third kappa shape index (κ3) is 3.71. The molecule has 0 saturated heterocycles. The van der Waals surface area contributed by atoms with E-state index in [0.29, 0.717) is 11.7 Å². The summed E-state index contributed by atoms with van der Waals surface area (Å²) in [5.74, 6) is 1.08. The Morgan fingerprint density at radius 1 is 1.04 bits per heavy atom. The number of nitrogens with zero attached hydrogens (tertiary/aromatic N) is 3. The maximum Gasteiger partial charge on any atom is 0.220 e. The molecule has 28 heavy (non-hydrogen) atoms. The molecule has 1 saturated carbocycles. The average Bonchev–Trinajstić information content (AvgIpc) is 2.67. The van der Waals surface area contributed by atoms with Gasteiger partial charge in [0.1, 0.15) is 11.5 Å². The van der Waals surface area contributed by atoms with Gasteiger partial charge in [-0.25, -0.2) is 9.38 Å². The fraction of sp³-hybridized carbons (Fsp3) is 0.333. The summed E-state index contributed by atoms with van der Waals surface area (Å²) in [4.78, 5) is 12.1. The number of anilines is 1. The Bertz CT molecular complexity index is 921. The van der Waals surface area contributed by atoms with Crippen molar-refractivity contribution in [2.24, 2.45) is 21.5 Å². The van der Waals surface area contributed by atoms with E-state index < -0.39 is 5.66 Å². The maximum atomic E-state index is 13.5. The van der Waals surface area contributed by atoms with Crippen LogP contribution in [0, 0.1) is 5.82 Å². The first kappa shape index (κ1) is 18.8. The molecule has 7 heteroatoms. The van der Waals surface area contributed by atoms with Crippen LogP contribution in [0.15, 0.2) is 63.4 Å². The summed E-state index contributed by atoms with van der Waals surface area (Å²) in [6.45, 7) is 0. The molecule has 1 aliphatic carbocycles. The van der Waals surface area contributed by atoms with Crippen molar-refractivity contribution in [3.05, 3.63) is 59.9 Å². The van der Waals surface area contributed by atoms with Crippen LogP contribution in [-0.4, -0.2) is 17.6 Å². The Hall–Kier alpha value is -2.54. The van der Waals surface area contributed by atoms with Gasteiger partial charge in [-0.15, -0.1) is 11.8 Å². The number of hydrogen-bond donors (Lipinski definition) is 2. The maximum absolute atomic E-state index is 13.5. The number of halogens is 1. The van der Waals surface area contributed by atoms with Crippen LogP contribution in [-0.2, 0) is 5.75 Å². The highest BCUT2D eigenvalue weighted by molar-refractivity contribution is 7.98. The number of guanidine groups is 2. The van der Waals surface area contributed by atoms with Crippen molar-refractivity contribution in [3.63, 3.8) is 0 Å². The van der Waals surface area contributed by atoms with Gasteiger partial charge < -0.3 is 11.5 Å². The van der Waals surface area contributed by atoms with Gasteiger partial charge in [-0.05, 0) is 55.5 Å². The normalized spacial score (nSPS) is 18.7. The summed E-state index contributed by atoms with van der Waals surface area (Å²) < 4.78 is 13.5. The lowest BCUT2D eigenvalue weighted by molar-refractivity contribution is 0.305. The summed E-state index contributed by atoms with van der Waals surface area (Å²) in [5.41, 5.74) is 13.8. The van der Waals surface area contributed by atoms with E-state index in [0.717, 1.165) is 41.8 Å². The van der Waals surface area contributed by atoms with E-state index in [1.165, 1.54) is 12.5 Å². The van der Waals surface area contributed by atoms with Crippen LogP contribution in [0.25, 0.3) is 0 Å². The van der Waals surface area contributed by atoms with Crippen LogP contribution < -0.4 is 16.4 Å². The minimum absolute atomic E-state index is 0.218. The molecule has 1 aliphatic heterocycles. The lowest BCUT2D eigenvalue weighted by Gasteiger charge is -2.46. The first-order valence-corrected chi connectivity index (χ1v) is 10.5. The first-order chi connectivity index (χ1) is 13.6. The van der Waals surface area contributed by atoms with Crippen molar-refractivity contribution in [2.75, 3.05) is 4.90 Å². The fourth-order valence-corrected chi connectivity index (χ4v) is 5.01. The van der Waals surface area contributed by atoms with Gasteiger partial charge in [0, 0.05) is 10.6 Å². The van der Waals surface area contributed by atoms with Crippen LogP contribution in [0.2, 0.25) is 0 Å². The van der Waals surface area contributed by atoms with E-state index in [2.05, 4.69) is 16.0 Å². The molecule has 0 amide bonds. The second kappa shape index (κ2) is 7.83. The summed E-state index contributed by atoms with van der Waals surface area (Å²) >= 11 is 1.65. The van der Waals surface area contributed by atoms with Gasteiger partial charge in [-0.3, -0.25) is 4.90 Å². The van der Waals surface area contributed by atoms with Crippen molar-refractivity contribution < 1.29 is 4.39 Å². The summed E-state index contributed by atoms with van der Waals surface area (Å²) in [7, 11) is 0. The van der Waals surface area contributed by atoms with Gasteiger partial charge >= 0.3 is 0 Å². The SMILES string of the molecule is NC1=NC2(CCCCC2)N(c2ccccc2SCc2cccc(F)c2)C(N)=N1. The van der Waals surface area contributed by atoms with E-state index in [1.807, 2.05) is 24.3 Å². The highest BCUT2D eigenvalue weighted by Crippen LogP contribution is 2.43. The van der Waals surface area contributed by atoms with E-state index in [-0.39, 0.29) is 11.8 Å². The quantitative estimate of drug-likeness (QED) is 0.757. The minimum atomic E-state index is -0.469. The molecule has 1 heterocycles. The molecule has 4 N–H and O–H groups in total. The fourth-order valence-electron chi connectivity index (χ4n) is 4.02. The van der Waals surface area contributed by atoms with Crippen LogP contribution in [0.4, 0.5) is 10.1 Å². The highest BCUT2D eigenvalue weighted by atomic mass is 32.2. The Balaban J connectivity index is 1.67. The minimum Gasteiger partial charge on any atom is -0.369 e. The second-order valence-electron chi connectivity index (χ2n) is 7.20. The van der Waals surface area contributed by atoms with E-state index >= 15 is 0 Å². The van der Waals surface area contributed by atoms with E-state index in [9.17, 15) is 4.39 Å². The molecular formula is C21H24FN5S. The third-order valence-corrected chi connectivity index (χ3v) is 6.37. The Labute approximate surface area is 168 Å². The molecule has 146 valence electrons. The molecule has 2 aliphatic rings. The van der Waals surface area contributed by atoms with Crippen molar-refractivity contribution in [2.45, 2.75) is 48.4 Å². The molecule has 0 radical (unpaired) electrons. The number of para-hydroxylation sites is 1. The number of aliphatic imine (C=N–C) groups is 2. The molecule has 2 aromatic carbocycles. The summed E-state index contributed by atoms with van der Waals surface area (Å²) in [5, 5.41) is 0. The van der Waals surface area contributed by atoms with Gasteiger partial charge in [-0.1, -0.05) is 30.7 Å². The van der Waals surface area contributed by atoms with Gasteiger partial charge in [0.05, 0.1) is 5.69 Å². The molecule has 0 unspecified atom stereocenters. The number of benzene rings is 2. The van der Waals surface area contributed by atoms with Crippen LogP contribution >= 0.6 is 11.8 Å². The Morgan fingerprint density at radius 3 is 2.61 bits per heavy atom. The zero-order valence-electron chi connectivity index (χ0n) is 15.6. The number of hydrogen-bond acceptors (Lipinski definition) is 6. The van der Waals surface area contributed by atoms with Crippen LogP contribution in [0.5, 0.6) is 0 Å². The van der Waals surface area contributed by atoms with E-state index in [4.69, 9.17) is 16.5 Å². The summed E-state index contributed by atoms with van der Waals surface area (Å²) in [6, 6.07) is 14.8. The largest absolute Gasteiger partial charge is 0.369 e. The molecule has 4 rings (SSSR count). The molecule has 0 aromatic heterocycles. The van der Waals surface area contributed by atoms with Crippen molar-refractivity contribution >= 4 is 29.4 Å². The average molecular weight is 398 g/mol. The predicted octanol–water partition coefficient (Wildman–Crippen LogP) is 4.23. The van der Waals surface area contributed by atoms with Gasteiger partial charge in [0.25, 0.3) is 0 Å². The van der Waals surface area contributed by atoms with Gasteiger partial charge in [0.2, 0.25) is 11.9 Å². The summed E-state index contributed by atoms with van der Waals surface area (Å²) in [6.07, 6.45) is 5.15. The van der Waals surface area contributed by atoms with Crippen molar-refractivity contribution in [1.82, 2.24) is 0 Å². The number of thioether (sulfide) groups is 1. The highest BCUT2D eigenvalue weighted by Gasteiger charge is 2.43. The second-order valence-corrected chi connectivity index (χ2v) is 8.22. The number of rotatable bonds is 4. The zero-order valence-corrected chi connectivity index (χ0v) is 16.5.